The molecule has 2 rings (SSSR count). The van der Waals surface area contributed by atoms with Crippen LogP contribution >= 0.6 is 0 Å². The number of rotatable bonds is 3. The van der Waals surface area contributed by atoms with Gasteiger partial charge in [0.2, 0.25) is 0 Å². The van der Waals surface area contributed by atoms with Gasteiger partial charge in [0.25, 0.3) is 0 Å². The van der Waals surface area contributed by atoms with Crippen molar-refractivity contribution in [2.45, 2.75) is 46.1 Å². The van der Waals surface area contributed by atoms with Crippen LogP contribution in [-0.2, 0) is 0 Å². The fourth-order valence-corrected chi connectivity index (χ4v) is 3.82. The summed E-state index contributed by atoms with van der Waals surface area (Å²) >= 11 is 0. The van der Waals surface area contributed by atoms with Crippen molar-refractivity contribution in [2.24, 2.45) is 17.8 Å². The van der Waals surface area contributed by atoms with Crippen molar-refractivity contribution in [1.29, 1.82) is 0 Å². The molecule has 2 heteroatoms. The van der Waals surface area contributed by atoms with E-state index in [0.29, 0.717) is 0 Å². The fourth-order valence-electron chi connectivity index (χ4n) is 3.82. The maximum atomic E-state index is 3.85. The predicted molar refractivity (Wildman–Crippen MR) is 78.7 cm³/mol. The lowest BCUT2D eigenvalue weighted by atomic mass is 9.83. The van der Waals surface area contributed by atoms with E-state index in [-0.39, 0.29) is 0 Å². The van der Waals surface area contributed by atoms with E-state index >= 15 is 0 Å². The summed E-state index contributed by atoms with van der Waals surface area (Å²) < 4.78 is 0. The van der Waals surface area contributed by atoms with Gasteiger partial charge in [0.15, 0.2) is 0 Å². The molecule has 0 radical (unpaired) electrons. The van der Waals surface area contributed by atoms with Gasteiger partial charge in [-0.05, 0) is 64.1 Å². The van der Waals surface area contributed by atoms with Gasteiger partial charge in [-0.3, -0.25) is 0 Å². The van der Waals surface area contributed by atoms with E-state index in [1.165, 1.54) is 38.9 Å². The number of hydrogen-bond acceptors (Lipinski definition) is 2. The van der Waals surface area contributed by atoms with Crippen LogP contribution in [0.15, 0.2) is 11.6 Å². The molecule has 0 aromatic carbocycles. The summed E-state index contributed by atoms with van der Waals surface area (Å²) in [5.74, 6) is 2.43. The molecule has 18 heavy (non-hydrogen) atoms. The Morgan fingerprint density at radius 1 is 1.39 bits per heavy atom. The zero-order chi connectivity index (χ0) is 13.1. The van der Waals surface area contributed by atoms with Gasteiger partial charge >= 0.3 is 0 Å². The lowest BCUT2D eigenvalue weighted by Crippen LogP contribution is -2.48. The van der Waals surface area contributed by atoms with Crippen LogP contribution in [0, 0.1) is 17.8 Å². The largest absolute Gasteiger partial charge is 0.313 e. The maximum Gasteiger partial charge on any atom is 0.0117 e. The lowest BCUT2D eigenvalue weighted by Gasteiger charge is -2.36. The summed E-state index contributed by atoms with van der Waals surface area (Å²) in [7, 11) is 2.24. The van der Waals surface area contributed by atoms with E-state index in [1.807, 2.05) is 0 Å². The van der Waals surface area contributed by atoms with Gasteiger partial charge in [0, 0.05) is 12.6 Å². The second-order valence-electron chi connectivity index (χ2n) is 6.84. The van der Waals surface area contributed by atoms with Crippen molar-refractivity contribution < 1.29 is 0 Å². The minimum absolute atomic E-state index is 0.739. The highest BCUT2D eigenvalue weighted by Crippen LogP contribution is 2.27. The molecule has 4 atom stereocenters. The molecule has 1 aliphatic carbocycles. The monoisotopic (exact) mass is 250 g/mol. The SMILES string of the molecule is CC1=CC(C)CC(CNC2CCN(C)CC2C)C1. The highest BCUT2D eigenvalue weighted by molar-refractivity contribution is 5.06. The van der Waals surface area contributed by atoms with E-state index in [1.54, 1.807) is 5.57 Å². The normalized spacial score (nSPS) is 38.6. The summed E-state index contributed by atoms with van der Waals surface area (Å²) in [4.78, 5) is 2.46. The Hall–Kier alpha value is -0.340. The first-order chi connectivity index (χ1) is 8.54. The second-order valence-corrected chi connectivity index (χ2v) is 6.84. The Morgan fingerprint density at radius 2 is 2.17 bits per heavy atom. The van der Waals surface area contributed by atoms with Gasteiger partial charge in [-0.2, -0.15) is 0 Å². The molecule has 4 unspecified atom stereocenters. The van der Waals surface area contributed by atoms with Crippen LogP contribution in [-0.4, -0.2) is 37.6 Å². The van der Waals surface area contributed by atoms with Crippen LogP contribution in [0.3, 0.4) is 0 Å². The van der Waals surface area contributed by atoms with Gasteiger partial charge < -0.3 is 10.2 Å². The quantitative estimate of drug-likeness (QED) is 0.775. The first-order valence-corrected chi connectivity index (χ1v) is 7.63. The molecule has 2 aliphatic rings. The van der Waals surface area contributed by atoms with E-state index in [9.17, 15) is 0 Å². The van der Waals surface area contributed by atoms with Gasteiger partial charge in [-0.15, -0.1) is 0 Å². The Labute approximate surface area is 113 Å². The first kappa shape index (κ1) is 14.1. The van der Waals surface area contributed by atoms with Crippen LogP contribution in [0.4, 0.5) is 0 Å². The van der Waals surface area contributed by atoms with E-state index in [4.69, 9.17) is 0 Å². The van der Waals surface area contributed by atoms with Crippen molar-refractivity contribution in [2.75, 3.05) is 26.7 Å². The van der Waals surface area contributed by atoms with Crippen LogP contribution in [0.25, 0.3) is 0 Å². The lowest BCUT2D eigenvalue weighted by molar-refractivity contribution is 0.169. The molecular formula is C16H30N2. The third-order valence-electron chi connectivity index (χ3n) is 4.66. The summed E-state index contributed by atoms with van der Waals surface area (Å²) in [6.07, 6.45) is 6.44. The van der Waals surface area contributed by atoms with Gasteiger partial charge in [0.1, 0.15) is 0 Å². The highest BCUT2D eigenvalue weighted by atomic mass is 15.1. The highest BCUT2D eigenvalue weighted by Gasteiger charge is 2.25. The summed E-state index contributed by atoms with van der Waals surface area (Å²) in [5, 5.41) is 3.85. The Kier molecular flexibility index (Phi) is 4.85. The smallest absolute Gasteiger partial charge is 0.0117 e. The third-order valence-corrected chi connectivity index (χ3v) is 4.66. The molecule has 1 fully saturated rings. The molecule has 1 N–H and O–H groups in total. The van der Waals surface area contributed by atoms with Crippen molar-refractivity contribution in [3.05, 3.63) is 11.6 Å². The molecule has 0 aromatic heterocycles. The summed E-state index contributed by atoms with van der Waals surface area (Å²) in [5.41, 5.74) is 1.59. The second kappa shape index (κ2) is 6.21. The predicted octanol–water partition coefficient (Wildman–Crippen LogP) is 2.91. The number of piperidine rings is 1. The number of nitrogens with zero attached hydrogens (tertiary/aromatic N) is 1. The van der Waals surface area contributed by atoms with Crippen LogP contribution < -0.4 is 5.32 Å². The zero-order valence-electron chi connectivity index (χ0n) is 12.6. The molecule has 1 aliphatic heterocycles. The zero-order valence-corrected chi connectivity index (χ0v) is 12.6. The maximum absolute atomic E-state index is 3.85. The van der Waals surface area contributed by atoms with Crippen molar-refractivity contribution in [1.82, 2.24) is 10.2 Å². The Bertz CT molecular complexity index is 297. The van der Waals surface area contributed by atoms with E-state index in [0.717, 1.165) is 23.8 Å². The molecule has 0 saturated carbocycles. The van der Waals surface area contributed by atoms with E-state index < -0.39 is 0 Å². The molecule has 0 amide bonds. The summed E-state index contributed by atoms with van der Waals surface area (Å²) in [6, 6.07) is 0.739. The molecule has 0 bridgehead atoms. The van der Waals surface area contributed by atoms with Crippen LogP contribution in [0.5, 0.6) is 0 Å². The minimum atomic E-state index is 0.739. The van der Waals surface area contributed by atoms with Crippen molar-refractivity contribution in [3.8, 4) is 0 Å². The minimum Gasteiger partial charge on any atom is -0.313 e. The molecule has 2 nitrogen and oxygen atoms in total. The van der Waals surface area contributed by atoms with Gasteiger partial charge in [-0.1, -0.05) is 25.5 Å². The topological polar surface area (TPSA) is 15.3 Å². The molecular weight excluding hydrogens is 220 g/mol. The Balaban J connectivity index is 1.76. The van der Waals surface area contributed by atoms with Gasteiger partial charge in [-0.25, -0.2) is 0 Å². The standard InChI is InChI=1S/C16H30N2/c1-12-7-13(2)9-15(8-12)10-17-16-5-6-18(4)11-14(16)3/h7,12,14-17H,5-6,8-11H2,1-4H3. The number of allylic oxidation sites excluding steroid dienone is 2. The van der Waals surface area contributed by atoms with Crippen LogP contribution in [0.2, 0.25) is 0 Å². The number of nitrogens with one attached hydrogen (secondary N) is 1. The fraction of sp³-hybridized carbons (Fsp3) is 0.875. The molecule has 1 saturated heterocycles. The average molecular weight is 250 g/mol. The number of hydrogen-bond donors (Lipinski definition) is 1. The molecule has 1 heterocycles. The van der Waals surface area contributed by atoms with Crippen molar-refractivity contribution >= 4 is 0 Å². The third kappa shape index (κ3) is 3.83. The van der Waals surface area contributed by atoms with Gasteiger partial charge in [0.05, 0.1) is 0 Å². The Morgan fingerprint density at radius 3 is 2.83 bits per heavy atom. The average Bonchev–Trinajstić information content (AvgIpc) is 2.26. The molecule has 104 valence electrons. The number of likely N-dealkylation sites (tertiary alicyclic amines) is 1. The first-order valence-electron chi connectivity index (χ1n) is 7.63. The van der Waals surface area contributed by atoms with E-state index in [2.05, 4.69) is 44.1 Å². The van der Waals surface area contributed by atoms with Crippen molar-refractivity contribution in [3.63, 3.8) is 0 Å². The molecule has 0 spiro atoms. The molecule has 0 aromatic rings. The van der Waals surface area contributed by atoms with Crippen LogP contribution in [0.1, 0.15) is 40.0 Å². The summed E-state index contributed by atoms with van der Waals surface area (Å²) in [6.45, 7) is 10.8.